The molecule has 4 heteroatoms. The Balaban J connectivity index is 1.24. The molecule has 130 valence electrons. The minimum Gasteiger partial charge on any atom is -0.340 e. The van der Waals surface area contributed by atoms with Gasteiger partial charge in [0.25, 0.3) is 0 Å². The summed E-state index contributed by atoms with van der Waals surface area (Å²) in [4.78, 5) is 21.3. The molecule has 0 N–H and O–H groups in total. The molecule has 2 heterocycles. The zero-order chi connectivity index (χ0) is 17.1. The van der Waals surface area contributed by atoms with Gasteiger partial charge < -0.3 is 4.90 Å². The van der Waals surface area contributed by atoms with Gasteiger partial charge in [-0.1, -0.05) is 30.3 Å². The molecule has 0 spiro atoms. The summed E-state index contributed by atoms with van der Waals surface area (Å²) < 4.78 is 0. The quantitative estimate of drug-likeness (QED) is 0.862. The van der Waals surface area contributed by atoms with Crippen molar-refractivity contribution in [3.63, 3.8) is 0 Å². The SMILES string of the molecule is O=C(C1CC(c2ccccc2)C1)N1CCN(Cc2ccncc2)CC1. The van der Waals surface area contributed by atoms with Gasteiger partial charge in [-0.2, -0.15) is 0 Å². The summed E-state index contributed by atoms with van der Waals surface area (Å²) in [6.07, 6.45) is 5.71. The first-order chi connectivity index (χ1) is 12.3. The molecule has 0 unspecified atom stereocenters. The average molecular weight is 335 g/mol. The first-order valence-electron chi connectivity index (χ1n) is 9.24. The lowest BCUT2D eigenvalue weighted by molar-refractivity contribution is -0.140. The van der Waals surface area contributed by atoms with E-state index < -0.39 is 0 Å². The summed E-state index contributed by atoms with van der Waals surface area (Å²) in [6, 6.07) is 14.7. The molecule has 4 rings (SSSR count). The second-order valence-electron chi connectivity index (χ2n) is 7.23. The van der Waals surface area contributed by atoms with Crippen molar-refractivity contribution in [3.8, 4) is 0 Å². The number of pyridine rings is 1. The summed E-state index contributed by atoms with van der Waals surface area (Å²) >= 11 is 0. The number of piperazine rings is 1. The third-order valence-corrected chi connectivity index (χ3v) is 5.60. The zero-order valence-electron chi connectivity index (χ0n) is 14.6. The Kier molecular flexibility index (Phi) is 4.79. The van der Waals surface area contributed by atoms with Crippen LogP contribution in [0.3, 0.4) is 0 Å². The van der Waals surface area contributed by atoms with Crippen molar-refractivity contribution in [3.05, 3.63) is 66.0 Å². The highest BCUT2D eigenvalue weighted by Gasteiger charge is 2.38. The highest BCUT2D eigenvalue weighted by Crippen LogP contribution is 2.42. The monoisotopic (exact) mass is 335 g/mol. The first kappa shape index (κ1) is 16.3. The Morgan fingerprint density at radius 3 is 2.32 bits per heavy atom. The highest BCUT2D eigenvalue weighted by atomic mass is 16.2. The Morgan fingerprint density at radius 1 is 0.960 bits per heavy atom. The van der Waals surface area contributed by atoms with E-state index in [-0.39, 0.29) is 5.92 Å². The lowest BCUT2D eigenvalue weighted by Gasteiger charge is -2.41. The number of amides is 1. The van der Waals surface area contributed by atoms with Gasteiger partial charge in [-0.3, -0.25) is 14.7 Å². The standard InChI is InChI=1S/C21H25N3O/c25-21(20-14-19(15-20)18-4-2-1-3-5-18)24-12-10-23(11-13-24)16-17-6-8-22-9-7-17/h1-9,19-20H,10-16H2. The van der Waals surface area contributed by atoms with Crippen molar-refractivity contribution in [2.24, 2.45) is 5.92 Å². The van der Waals surface area contributed by atoms with E-state index in [1.807, 2.05) is 12.4 Å². The van der Waals surface area contributed by atoms with Crippen molar-refractivity contribution in [2.45, 2.75) is 25.3 Å². The van der Waals surface area contributed by atoms with E-state index in [1.165, 1.54) is 11.1 Å². The van der Waals surface area contributed by atoms with Crippen LogP contribution in [0.25, 0.3) is 0 Å². The number of nitrogens with zero attached hydrogens (tertiary/aromatic N) is 3. The van der Waals surface area contributed by atoms with E-state index in [9.17, 15) is 4.79 Å². The molecule has 2 aliphatic rings. The first-order valence-corrected chi connectivity index (χ1v) is 9.24. The van der Waals surface area contributed by atoms with Gasteiger partial charge in [0.2, 0.25) is 5.91 Å². The minimum atomic E-state index is 0.233. The number of carbonyl (C=O) groups excluding carboxylic acids is 1. The topological polar surface area (TPSA) is 36.4 Å². The number of rotatable bonds is 4. The van der Waals surface area contributed by atoms with E-state index in [2.05, 4.69) is 57.2 Å². The molecule has 0 bridgehead atoms. The third kappa shape index (κ3) is 3.74. The molecule has 1 aromatic heterocycles. The Labute approximate surface area is 149 Å². The van der Waals surface area contributed by atoms with E-state index in [1.54, 1.807) is 0 Å². The molecular formula is C21H25N3O. The molecule has 4 nitrogen and oxygen atoms in total. The number of benzene rings is 1. The second-order valence-corrected chi connectivity index (χ2v) is 7.23. The van der Waals surface area contributed by atoms with Crippen LogP contribution in [0, 0.1) is 5.92 Å². The zero-order valence-corrected chi connectivity index (χ0v) is 14.6. The van der Waals surface area contributed by atoms with E-state index in [0.29, 0.717) is 11.8 Å². The van der Waals surface area contributed by atoms with Gasteiger partial charge in [0.1, 0.15) is 0 Å². The van der Waals surface area contributed by atoms with Gasteiger partial charge in [-0.25, -0.2) is 0 Å². The molecule has 1 aromatic carbocycles. The smallest absolute Gasteiger partial charge is 0.225 e. The van der Waals surface area contributed by atoms with Gasteiger partial charge in [0.05, 0.1) is 0 Å². The lowest BCUT2D eigenvalue weighted by atomic mass is 9.71. The average Bonchev–Trinajstić information content (AvgIpc) is 2.63. The molecule has 2 fully saturated rings. The fraction of sp³-hybridized carbons (Fsp3) is 0.429. The number of hydrogen-bond donors (Lipinski definition) is 0. The van der Waals surface area contributed by atoms with Crippen molar-refractivity contribution in [1.82, 2.24) is 14.8 Å². The van der Waals surface area contributed by atoms with Crippen LogP contribution in [-0.2, 0) is 11.3 Å². The summed E-state index contributed by atoms with van der Waals surface area (Å²) in [5.74, 6) is 1.18. The lowest BCUT2D eigenvalue weighted by Crippen LogP contribution is -2.51. The van der Waals surface area contributed by atoms with Crippen molar-refractivity contribution in [2.75, 3.05) is 26.2 Å². The van der Waals surface area contributed by atoms with Gasteiger partial charge in [0.15, 0.2) is 0 Å². The van der Waals surface area contributed by atoms with Gasteiger partial charge >= 0.3 is 0 Å². The van der Waals surface area contributed by atoms with Crippen molar-refractivity contribution in [1.29, 1.82) is 0 Å². The fourth-order valence-corrected chi connectivity index (χ4v) is 3.95. The number of carbonyl (C=O) groups is 1. The summed E-state index contributed by atoms with van der Waals surface area (Å²) in [5, 5.41) is 0. The van der Waals surface area contributed by atoms with Crippen molar-refractivity contribution < 1.29 is 4.79 Å². The minimum absolute atomic E-state index is 0.233. The predicted octanol–water partition coefficient (Wildman–Crippen LogP) is 2.92. The summed E-state index contributed by atoms with van der Waals surface area (Å²) in [7, 11) is 0. The van der Waals surface area contributed by atoms with Crippen LogP contribution in [-0.4, -0.2) is 46.9 Å². The summed E-state index contributed by atoms with van der Waals surface area (Å²) in [6.45, 7) is 4.59. The predicted molar refractivity (Wildman–Crippen MR) is 98.0 cm³/mol. The molecule has 0 atom stereocenters. The maximum absolute atomic E-state index is 12.7. The van der Waals surface area contributed by atoms with E-state index in [4.69, 9.17) is 0 Å². The van der Waals surface area contributed by atoms with Crippen LogP contribution in [0.2, 0.25) is 0 Å². The van der Waals surface area contributed by atoms with Crippen LogP contribution >= 0.6 is 0 Å². The van der Waals surface area contributed by atoms with Crippen LogP contribution in [0.5, 0.6) is 0 Å². The maximum Gasteiger partial charge on any atom is 0.225 e. The Bertz CT molecular complexity index is 690. The molecule has 0 radical (unpaired) electrons. The third-order valence-electron chi connectivity index (χ3n) is 5.60. The molecule has 1 aliphatic heterocycles. The molecule has 1 amide bonds. The maximum atomic E-state index is 12.7. The van der Waals surface area contributed by atoms with Crippen LogP contribution in [0.15, 0.2) is 54.9 Å². The van der Waals surface area contributed by atoms with Crippen LogP contribution in [0.4, 0.5) is 0 Å². The van der Waals surface area contributed by atoms with E-state index in [0.717, 1.165) is 45.6 Å². The van der Waals surface area contributed by atoms with Crippen LogP contribution in [0.1, 0.15) is 29.9 Å². The second kappa shape index (κ2) is 7.36. The van der Waals surface area contributed by atoms with E-state index >= 15 is 0 Å². The number of hydrogen-bond acceptors (Lipinski definition) is 3. The highest BCUT2D eigenvalue weighted by molar-refractivity contribution is 5.80. The number of aromatic nitrogens is 1. The fourth-order valence-electron chi connectivity index (χ4n) is 3.95. The Hall–Kier alpha value is -2.20. The molecule has 1 saturated heterocycles. The molecule has 1 saturated carbocycles. The van der Waals surface area contributed by atoms with Crippen molar-refractivity contribution >= 4 is 5.91 Å². The Morgan fingerprint density at radius 2 is 1.64 bits per heavy atom. The summed E-state index contributed by atoms with van der Waals surface area (Å²) in [5.41, 5.74) is 2.67. The molecule has 1 aliphatic carbocycles. The molecule has 25 heavy (non-hydrogen) atoms. The largest absolute Gasteiger partial charge is 0.340 e. The molecular weight excluding hydrogens is 310 g/mol. The van der Waals surface area contributed by atoms with Gasteiger partial charge in [0, 0.05) is 51.0 Å². The normalized spacial score (nSPS) is 23.9. The van der Waals surface area contributed by atoms with Gasteiger partial charge in [-0.05, 0) is 42.0 Å². The molecule has 2 aromatic rings. The van der Waals surface area contributed by atoms with Crippen LogP contribution < -0.4 is 0 Å². The van der Waals surface area contributed by atoms with Gasteiger partial charge in [-0.15, -0.1) is 0 Å².